The number of nitrogens with one attached hydrogen (secondary N) is 1. The smallest absolute Gasteiger partial charge is 0.295 e. The van der Waals surface area contributed by atoms with Crippen LogP contribution in [0.5, 0.6) is 0 Å². The molecule has 0 fully saturated rings. The zero-order valence-corrected chi connectivity index (χ0v) is 11.4. The third-order valence-corrected chi connectivity index (χ3v) is 3.20. The van der Waals surface area contributed by atoms with Crippen molar-refractivity contribution in [2.75, 3.05) is 5.32 Å². The molecule has 3 aromatic rings. The molecule has 0 aliphatic rings. The van der Waals surface area contributed by atoms with E-state index >= 15 is 0 Å². The zero-order chi connectivity index (χ0) is 14.8. The summed E-state index contributed by atoms with van der Waals surface area (Å²) in [6.07, 6.45) is 1.56. The number of hydrogen-bond acceptors (Lipinski definition) is 5. The summed E-state index contributed by atoms with van der Waals surface area (Å²) >= 11 is 0. The number of nitro benzene ring substituents is 1. The highest BCUT2D eigenvalue weighted by Gasteiger charge is 2.14. The molecule has 0 saturated carbocycles. The van der Waals surface area contributed by atoms with Gasteiger partial charge in [-0.2, -0.15) is 0 Å². The van der Waals surface area contributed by atoms with Gasteiger partial charge in [0.15, 0.2) is 0 Å². The molecule has 0 bridgehead atoms. The van der Waals surface area contributed by atoms with Crippen LogP contribution in [0.1, 0.15) is 11.5 Å². The molecular formula is C15H13N3O3. The summed E-state index contributed by atoms with van der Waals surface area (Å²) < 4.78 is 5.49. The first kappa shape index (κ1) is 13.1. The van der Waals surface area contributed by atoms with Gasteiger partial charge < -0.3 is 9.73 Å². The maximum absolute atomic E-state index is 11.0. The van der Waals surface area contributed by atoms with Gasteiger partial charge in [0.25, 0.3) is 5.69 Å². The van der Waals surface area contributed by atoms with Crippen LogP contribution >= 0.6 is 0 Å². The van der Waals surface area contributed by atoms with Gasteiger partial charge >= 0.3 is 0 Å². The molecule has 2 aromatic heterocycles. The fourth-order valence-corrected chi connectivity index (χ4v) is 2.22. The molecule has 1 aromatic carbocycles. The predicted molar refractivity (Wildman–Crippen MR) is 79.2 cm³/mol. The van der Waals surface area contributed by atoms with Gasteiger partial charge in [-0.3, -0.25) is 10.1 Å². The van der Waals surface area contributed by atoms with E-state index in [-0.39, 0.29) is 5.69 Å². The lowest BCUT2D eigenvalue weighted by molar-refractivity contribution is -0.383. The summed E-state index contributed by atoms with van der Waals surface area (Å²) in [5, 5.41) is 15.0. The molecule has 0 aliphatic carbocycles. The Kier molecular flexibility index (Phi) is 3.27. The lowest BCUT2D eigenvalue weighted by Gasteiger charge is -2.08. The summed E-state index contributed by atoms with van der Waals surface area (Å²) in [6.45, 7) is 2.39. The van der Waals surface area contributed by atoms with E-state index in [4.69, 9.17) is 4.42 Å². The molecule has 0 radical (unpaired) electrons. The molecule has 6 nitrogen and oxygen atoms in total. The molecule has 0 spiro atoms. The lowest BCUT2D eigenvalue weighted by atomic mass is 10.1. The standard InChI is InChI=1S/C15H13N3O3/c1-10-5-6-11(21-10)9-17-13-7-8-16-15-12(13)3-2-4-14(15)18(19)20/h2-8H,9H2,1H3,(H,16,17). The summed E-state index contributed by atoms with van der Waals surface area (Å²) in [7, 11) is 0. The quantitative estimate of drug-likeness (QED) is 0.583. The van der Waals surface area contributed by atoms with Gasteiger partial charge in [-0.15, -0.1) is 0 Å². The van der Waals surface area contributed by atoms with Crippen molar-refractivity contribution in [1.29, 1.82) is 0 Å². The number of para-hydroxylation sites is 1. The van der Waals surface area contributed by atoms with Gasteiger partial charge in [0, 0.05) is 23.3 Å². The second kappa shape index (κ2) is 5.24. The van der Waals surface area contributed by atoms with E-state index in [9.17, 15) is 10.1 Å². The first-order valence-corrected chi connectivity index (χ1v) is 6.46. The Labute approximate surface area is 120 Å². The summed E-state index contributed by atoms with van der Waals surface area (Å²) in [6, 6.07) is 10.5. The average Bonchev–Trinajstić information content (AvgIpc) is 2.90. The highest BCUT2D eigenvalue weighted by molar-refractivity contribution is 5.96. The Bertz CT molecular complexity index is 811. The Morgan fingerprint density at radius 3 is 2.86 bits per heavy atom. The molecule has 6 heteroatoms. The number of fused-ring (bicyclic) bond motifs is 1. The van der Waals surface area contributed by atoms with Crippen molar-refractivity contribution in [3.63, 3.8) is 0 Å². The van der Waals surface area contributed by atoms with E-state index in [0.29, 0.717) is 12.1 Å². The molecule has 0 atom stereocenters. The number of furan rings is 1. The third kappa shape index (κ3) is 2.55. The van der Waals surface area contributed by atoms with E-state index in [1.54, 1.807) is 18.3 Å². The number of anilines is 1. The highest BCUT2D eigenvalue weighted by atomic mass is 16.6. The second-order valence-electron chi connectivity index (χ2n) is 4.65. The van der Waals surface area contributed by atoms with E-state index in [0.717, 1.165) is 22.6 Å². The van der Waals surface area contributed by atoms with Crippen LogP contribution < -0.4 is 5.32 Å². The SMILES string of the molecule is Cc1ccc(CNc2ccnc3c([N+](=O)[O-])cccc23)o1. The number of pyridine rings is 1. The number of nitrogens with zero attached hydrogens (tertiary/aromatic N) is 2. The first-order chi connectivity index (χ1) is 10.1. The van der Waals surface area contributed by atoms with Crippen LogP contribution in [-0.4, -0.2) is 9.91 Å². The number of aromatic nitrogens is 1. The third-order valence-electron chi connectivity index (χ3n) is 3.20. The molecule has 0 amide bonds. The van der Waals surface area contributed by atoms with Crippen LogP contribution in [0.2, 0.25) is 0 Å². The number of benzene rings is 1. The van der Waals surface area contributed by atoms with Gasteiger partial charge in [0.1, 0.15) is 17.0 Å². The fraction of sp³-hybridized carbons (Fsp3) is 0.133. The maximum Gasteiger partial charge on any atom is 0.295 e. The van der Waals surface area contributed by atoms with E-state index in [1.165, 1.54) is 6.07 Å². The molecule has 0 saturated heterocycles. The maximum atomic E-state index is 11.0. The topological polar surface area (TPSA) is 81.2 Å². The molecule has 2 heterocycles. The molecule has 21 heavy (non-hydrogen) atoms. The van der Waals surface area contributed by atoms with Crippen LogP contribution in [0.3, 0.4) is 0 Å². The van der Waals surface area contributed by atoms with Gasteiger partial charge in [0.2, 0.25) is 0 Å². The van der Waals surface area contributed by atoms with Crippen molar-refractivity contribution in [3.8, 4) is 0 Å². The molecule has 0 aliphatic heterocycles. The molecule has 106 valence electrons. The monoisotopic (exact) mass is 283 g/mol. The normalized spacial score (nSPS) is 10.7. The van der Waals surface area contributed by atoms with Crippen molar-refractivity contribution in [2.45, 2.75) is 13.5 Å². The van der Waals surface area contributed by atoms with Crippen LogP contribution in [0.25, 0.3) is 10.9 Å². The fourth-order valence-electron chi connectivity index (χ4n) is 2.22. The minimum absolute atomic E-state index is 0.00462. The van der Waals surface area contributed by atoms with E-state index in [2.05, 4.69) is 10.3 Å². The van der Waals surface area contributed by atoms with Gasteiger partial charge in [0.05, 0.1) is 11.5 Å². The zero-order valence-electron chi connectivity index (χ0n) is 11.4. The van der Waals surface area contributed by atoms with Crippen LogP contribution in [0.4, 0.5) is 11.4 Å². The predicted octanol–water partition coefficient (Wildman–Crippen LogP) is 3.66. The van der Waals surface area contributed by atoms with Gasteiger partial charge in [-0.05, 0) is 25.1 Å². The van der Waals surface area contributed by atoms with Crippen molar-refractivity contribution in [2.24, 2.45) is 0 Å². The molecule has 0 unspecified atom stereocenters. The Balaban J connectivity index is 1.95. The van der Waals surface area contributed by atoms with Crippen LogP contribution in [0, 0.1) is 17.0 Å². The largest absolute Gasteiger partial charge is 0.465 e. The minimum atomic E-state index is -0.422. The van der Waals surface area contributed by atoms with Crippen LogP contribution in [0.15, 0.2) is 47.0 Å². The molecule has 3 rings (SSSR count). The number of rotatable bonds is 4. The van der Waals surface area contributed by atoms with Crippen molar-refractivity contribution >= 4 is 22.3 Å². The summed E-state index contributed by atoms with van der Waals surface area (Å²) in [4.78, 5) is 14.7. The Morgan fingerprint density at radius 1 is 1.29 bits per heavy atom. The molecular weight excluding hydrogens is 270 g/mol. The highest BCUT2D eigenvalue weighted by Crippen LogP contribution is 2.28. The number of non-ortho nitro benzene ring substituents is 1. The number of nitro groups is 1. The van der Waals surface area contributed by atoms with Crippen molar-refractivity contribution < 1.29 is 9.34 Å². The van der Waals surface area contributed by atoms with Crippen molar-refractivity contribution in [3.05, 3.63) is 64.2 Å². The lowest BCUT2D eigenvalue weighted by Crippen LogP contribution is -2.00. The number of hydrogen-bond donors (Lipinski definition) is 1. The summed E-state index contributed by atoms with van der Waals surface area (Å²) in [5.41, 5.74) is 1.17. The minimum Gasteiger partial charge on any atom is -0.465 e. The van der Waals surface area contributed by atoms with Gasteiger partial charge in [-0.1, -0.05) is 12.1 Å². The second-order valence-corrected chi connectivity index (χ2v) is 4.65. The Hall–Kier alpha value is -2.89. The van der Waals surface area contributed by atoms with Gasteiger partial charge in [-0.25, -0.2) is 4.98 Å². The first-order valence-electron chi connectivity index (χ1n) is 6.46. The average molecular weight is 283 g/mol. The Morgan fingerprint density at radius 2 is 2.14 bits per heavy atom. The van der Waals surface area contributed by atoms with Crippen molar-refractivity contribution in [1.82, 2.24) is 4.98 Å². The summed E-state index contributed by atoms with van der Waals surface area (Å²) in [5.74, 6) is 1.66. The number of aryl methyl sites for hydroxylation is 1. The molecule has 1 N–H and O–H groups in total. The van der Waals surface area contributed by atoms with E-state index in [1.807, 2.05) is 25.1 Å². The van der Waals surface area contributed by atoms with Crippen LogP contribution in [-0.2, 0) is 6.54 Å². The van der Waals surface area contributed by atoms with E-state index < -0.39 is 4.92 Å².